The average molecular weight is 318 g/mol. The number of nitro groups is 1. The molecule has 1 fully saturated rings. The van der Waals surface area contributed by atoms with Crippen LogP contribution in [0.25, 0.3) is 0 Å². The molecule has 0 amide bonds. The van der Waals surface area contributed by atoms with Crippen LogP contribution in [0.2, 0.25) is 10.0 Å². The van der Waals surface area contributed by atoms with Crippen LogP contribution in [-0.2, 0) is 4.74 Å². The van der Waals surface area contributed by atoms with Gasteiger partial charge in [0.1, 0.15) is 0 Å². The molecule has 5 nitrogen and oxygen atoms in total. The molecule has 7 heteroatoms. The van der Waals surface area contributed by atoms with Gasteiger partial charge in [0.05, 0.1) is 27.1 Å². The van der Waals surface area contributed by atoms with Crippen molar-refractivity contribution in [3.8, 4) is 0 Å². The minimum atomic E-state index is -0.674. The quantitative estimate of drug-likeness (QED) is 0.473. The molecule has 0 atom stereocenters. The Morgan fingerprint density at radius 1 is 1.35 bits per heavy atom. The maximum atomic E-state index is 12.0. The molecule has 0 heterocycles. The summed E-state index contributed by atoms with van der Waals surface area (Å²) >= 11 is 11.7. The van der Waals surface area contributed by atoms with E-state index < -0.39 is 10.9 Å². The Morgan fingerprint density at radius 2 is 2.00 bits per heavy atom. The van der Waals surface area contributed by atoms with Crippen LogP contribution in [0.15, 0.2) is 12.1 Å². The molecule has 1 aromatic carbocycles. The number of halogens is 2. The topological polar surface area (TPSA) is 69.4 Å². The van der Waals surface area contributed by atoms with E-state index in [1.165, 1.54) is 0 Å². The van der Waals surface area contributed by atoms with E-state index in [9.17, 15) is 14.9 Å². The Balaban J connectivity index is 2.13. The van der Waals surface area contributed by atoms with Gasteiger partial charge in [-0.2, -0.15) is 0 Å². The smallest absolute Gasteiger partial charge is 0.339 e. The first kappa shape index (κ1) is 15.1. The minimum absolute atomic E-state index is 0.0197. The number of nitrogens with zero attached hydrogens (tertiary/aromatic N) is 1. The number of benzene rings is 1. The zero-order chi connectivity index (χ0) is 14.7. The van der Waals surface area contributed by atoms with Crippen LogP contribution in [-0.4, -0.2) is 17.5 Å². The number of ether oxygens (including phenoxy) is 1. The van der Waals surface area contributed by atoms with Gasteiger partial charge in [0.25, 0.3) is 5.69 Å². The number of carbonyl (C=O) groups is 1. The molecule has 1 saturated carbocycles. The fourth-order valence-electron chi connectivity index (χ4n) is 2.28. The third-order valence-electron chi connectivity index (χ3n) is 3.37. The molecule has 1 aliphatic carbocycles. The number of carbonyl (C=O) groups excluding carboxylic acids is 1. The second-order valence-electron chi connectivity index (χ2n) is 4.80. The number of non-ortho nitro benzene ring substituents is 1. The Labute approximate surface area is 126 Å². The Morgan fingerprint density at radius 3 is 2.60 bits per heavy atom. The van der Waals surface area contributed by atoms with E-state index in [4.69, 9.17) is 27.9 Å². The summed E-state index contributed by atoms with van der Waals surface area (Å²) in [5.74, 6) is -0.306. The molecule has 0 aromatic heterocycles. The molecule has 2 rings (SSSR count). The zero-order valence-corrected chi connectivity index (χ0v) is 12.1. The fourth-order valence-corrected chi connectivity index (χ4v) is 2.68. The Hall–Kier alpha value is -1.33. The van der Waals surface area contributed by atoms with Gasteiger partial charge >= 0.3 is 5.97 Å². The largest absolute Gasteiger partial charge is 0.462 e. The van der Waals surface area contributed by atoms with Crippen LogP contribution < -0.4 is 0 Å². The van der Waals surface area contributed by atoms with Crippen LogP contribution >= 0.6 is 23.2 Å². The van der Waals surface area contributed by atoms with Gasteiger partial charge in [-0.1, -0.05) is 36.0 Å². The summed E-state index contributed by atoms with van der Waals surface area (Å²) < 4.78 is 5.18. The van der Waals surface area contributed by atoms with E-state index >= 15 is 0 Å². The molecule has 0 aliphatic heterocycles. The van der Waals surface area contributed by atoms with Crippen molar-refractivity contribution < 1.29 is 14.5 Å². The van der Waals surface area contributed by atoms with Gasteiger partial charge in [-0.3, -0.25) is 10.1 Å². The van der Waals surface area contributed by atoms with E-state index in [2.05, 4.69) is 0 Å². The summed E-state index contributed by atoms with van der Waals surface area (Å²) in [5.41, 5.74) is -0.351. The number of esters is 1. The van der Waals surface area contributed by atoms with Crippen molar-refractivity contribution in [1.29, 1.82) is 0 Å². The molecular weight excluding hydrogens is 305 g/mol. The molecular formula is C13H13Cl2NO4. The molecule has 0 saturated heterocycles. The number of nitro benzene ring substituents is 1. The van der Waals surface area contributed by atoms with E-state index in [0.29, 0.717) is 12.5 Å². The SMILES string of the molecule is O=C(OCC1CCCC1)c1cc([N+](=O)[O-])cc(Cl)c1Cl. The maximum absolute atomic E-state index is 12.0. The molecule has 0 spiro atoms. The standard InChI is InChI=1S/C13H13Cl2NO4/c14-11-6-9(16(18)19)5-10(12(11)15)13(17)20-7-8-3-1-2-4-8/h5-6,8H,1-4,7H2. The molecule has 1 aromatic rings. The van der Waals surface area contributed by atoms with Crippen molar-refractivity contribution in [3.05, 3.63) is 37.9 Å². The molecule has 0 bridgehead atoms. The molecule has 0 radical (unpaired) electrons. The summed E-state index contributed by atoms with van der Waals surface area (Å²) in [5, 5.41) is 10.7. The lowest BCUT2D eigenvalue weighted by Gasteiger charge is -2.11. The van der Waals surface area contributed by atoms with Crippen molar-refractivity contribution in [1.82, 2.24) is 0 Å². The molecule has 0 N–H and O–H groups in total. The van der Waals surface area contributed by atoms with E-state index in [0.717, 1.165) is 37.8 Å². The molecule has 108 valence electrons. The summed E-state index contributed by atoms with van der Waals surface area (Å²) in [6, 6.07) is 2.20. The van der Waals surface area contributed by atoms with Crippen molar-refractivity contribution >= 4 is 34.9 Å². The van der Waals surface area contributed by atoms with Crippen molar-refractivity contribution in [3.63, 3.8) is 0 Å². The van der Waals surface area contributed by atoms with Crippen LogP contribution in [0.5, 0.6) is 0 Å². The lowest BCUT2D eigenvalue weighted by molar-refractivity contribution is -0.384. The Kier molecular flexibility index (Phi) is 4.83. The molecule has 20 heavy (non-hydrogen) atoms. The highest BCUT2D eigenvalue weighted by Gasteiger charge is 2.22. The first-order chi connectivity index (χ1) is 9.49. The van der Waals surface area contributed by atoms with Crippen LogP contribution in [0.3, 0.4) is 0 Å². The normalized spacial score (nSPS) is 15.3. The van der Waals surface area contributed by atoms with Gasteiger partial charge in [-0.25, -0.2) is 4.79 Å². The monoisotopic (exact) mass is 317 g/mol. The van der Waals surface area contributed by atoms with Gasteiger partial charge in [0.15, 0.2) is 0 Å². The summed E-state index contributed by atoms with van der Waals surface area (Å²) in [7, 11) is 0. The van der Waals surface area contributed by atoms with Gasteiger partial charge in [0, 0.05) is 12.1 Å². The predicted molar refractivity (Wildman–Crippen MR) is 75.4 cm³/mol. The third-order valence-corrected chi connectivity index (χ3v) is 4.17. The molecule has 0 unspecified atom stereocenters. The van der Waals surface area contributed by atoms with Crippen LogP contribution in [0.1, 0.15) is 36.0 Å². The van der Waals surface area contributed by atoms with Crippen molar-refractivity contribution in [2.45, 2.75) is 25.7 Å². The van der Waals surface area contributed by atoms with Gasteiger partial charge in [-0.15, -0.1) is 0 Å². The van der Waals surface area contributed by atoms with Crippen molar-refractivity contribution in [2.75, 3.05) is 6.61 Å². The average Bonchev–Trinajstić information content (AvgIpc) is 2.92. The first-order valence-electron chi connectivity index (χ1n) is 6.29. The molecule has 1 aliphatic rings. The van der Waals surface area contributed by atoms with Gasteiger partial charge in [-0.05, 0) is 18.8 Å². The highest BCUT2D eigenvalue weighted by atomic mass is 35.5. The number of hydrogen-bond donors (Lipinski definition) is 0. The second-order valence-corrected chi connectivity index (χ2v) is 5.58. The number of hydrogen-bond acceptors (Lipinski definition) is 4. The van der Waals surface area contributed by atoms with E-state index in [-0.39, 0.29) is 21.3 Å². The summed E-state index contributed by atoms with van der Waals surface area (Å²) in [6.07, 6.45) is 4.37. The first-order valence-corrected chi connectivity index (χ1v) is 7.05. The van der Waals surface area contributed by atoms with Gasteiger partial charge in [0.2, 0.25) is 0 Å². The summed E-state index contributed by atoms with van der Waals surface area (Å²) in [6.45, 7) is 0.315. The predicted octanol–water partition coefficient (Wildman–Crippen LogP) is 4.25. The summed E-state index contributed by atoms with van der Waals surface area (Å²) in [4.78, 5) is 22.1. The van der Waals surface area contributed by atoms with E-state index in [1.807, 2.05) is 0 Å². The minimum Gasteiger partial charge on any atom is -0.462 e. The second kappa shape index (κ2) is 6.41. The van der Waals surface area contributed by atoms with Crippen LogP contribution in [0.4, 0.5) is 5.69 Å². The lowest BCUT2D eigenvalue weighted by atomic mass is 10.1. The highest BCUT2D eigenvalue weighted by molar-refractivity contribution is 6.43. The highest BCUT2D eigenvalue weighted by Crippen LogP contribution is 2.32. The lowest BCUT2D eigenvalue weighted by Crippen LogP contribution is -2.13. The third kappa shape index (κ3) is 3.41. The number of rotatable bonds is 4. The van der Waals surface area contributed by atoms with Crippen molar-refractivity contribution in [2.24, 2.45) is 5.92 Å². The maximum Gasteiger partial charge on any atom is 0.339 e. The fraction of sp³-hybridized carbons (Fsp3) is 0.462. The Bertz CT molecular complexity index is 541. The van der Waals surface area contributed by atoms with E-state index in [1.54, 1.807) is 0 Å². The zero-order valence-electron chi connectivity index (χ0n) is 10.6. The van der Waals surface area contributed by atoms with Crippen LogP contribution in [0, 0.1) is 16.0 Å². The van der Waals surface area contributed by atoms with Gasteiger partial charge < -0.3 is 4.74 Å².